The van der Waals surface area contributed by atoms with E-state index in [0.29, 0.717) is 5.91 Å². The number of aromatic nitrogens is 2. The molecule has 3 heterocycles. The van der Waals surface area contributed by atoms with Gasteiger partial charge in [0, 0.05) is 42.8 Å². The Morgan fingerprint density at radius 2 is 1.85 bits per heavy atom. The Balaban J connectivity index is 1.62. The third-order valence-corrected chi connectivity index (χ3v) is 6.12. The maximum atomic E-state index is 12.7. The second-order valence-corrected chi connectivity index (χ2v) is 8.07. The molecule has 1 aliphatic rings. The van der Waals surface area contributed by atoms with Crippen molar-refractivity contribution in [3.63, 3.8) is 0 Å². The van der Waals surface area contributed by atoms with Crippen LogP contribution in [0.1, 0.15) is 26.7 Å². The highest BCUT2D eigenvalue weighted by atomic mass is 79.9. The Morgan fingerprint density at radius 3 is 2.56 bits per heavy atom. The lowest BCUT2D eigenvalue weighted by Crippen LogP contribution is -2.50. The molecule has 5 nitrogen and oxygen atoms in total. The molecule has 0 spiro atoms. The summed E-state index contributed by atoms with van der Waals surface area (Å²) in [5, 5.41) is 0. The molecule has 27 heavy (non-hydrogen) atoms. The molecular formula is C21H25BrN4O. The normalized spacial score (nSPS) is 15.3. The first-order valence-electron chi connectivity index (χ1n) is 9.72. The van der Waals surface area contributed by atoms with Crippen molar-refractivity contribution in [2.45, 2.75) is 26.7 Å². The zero-order chi connectivity index (χ0) is 19.0. The maximum Gasteiger partial charge on any atom is 0.225 e. The molecule has 0 unspecified atom stereocenters. The Kier molecular flexibility index (Phi) is 5.08. The highest BCUT2D eigenvalue weighted by molar-refractivity contribution is 9.10. The summed E-state index contributed by atoms with van der Waals surface area (Å²) in [5.41, 5.74) is 3.19. The first-order valence-corrected chi connectivity index (χ1v) is 10.5. The van der Waals surface area contributed by atoms with Crippen LogP contribution in [0.3, 0.4) is 0 Å². The van der Waals surface area contributed by atoms with Gasteiger partial charge in [-0.05, 0) is 43.2 Å². The standard InChI is InChI=1S/C21H25BrN4O/c1-3-15(4-2)21(27)25-12-10-24(11-13-25)20-19-6-5-9-26(19)18-8-7-16(22)14-17(18)23-20/h5-9,14-15H,3-4,10-13H2,1-2H3. The first kappa shape index (κ1) is 18.3. The molecule has 0 N–H and O–H groups in total. The predicted octanol–water partition coefficient (Wildman–Crippen LogP) is 4.33. The number of benzene rings is 1. The minimum atomic E-state index is 0.157. The van der Waals surface area contributed by atoms with E-state index in [0.717, 1.165) is 65.9 Å². The Morgan fingerprint density at radius 1 is 1.11 bits per heavy atom. The number of hydrogen-bond donors (Lipinski definition) is 0. The molecular weight excluding hydrogens is 404 g/mol. The van der Waals surface area contributed by atoms with E-state index in [1.54, 1.807) is 0 Å². The van der Waals surface area contributed by atoms with Crippen molar-refractivity contribution in [2.75, 3.05) is 31.1 Å². The van der Waals surface area contributed by atoms with E-state index in [9.17, 15) is 4.79 Å². The van der Waals surface area contributed by atoms with E-state index >= 15 is 0 Å². The van der Waals surface area contributed by atoms with E-state index in [2.05, 4.69) is 69.5 Å². The number of halogens is 1. The number of amides is 1. The third-order valence-electron chi connectivity index (χ3n) is 5.63. The van der Waals surface area contributed by atoms with Crippen LogP contribution in [0.25, 0.3) is 16.6 Å². The van der Waals surface area contributed by atoms with Gasteiger partial charge in [0.15, 0.2) is 5.82 Å². The Hall–Kier alpha value is -2.08. The number of nitrogens with zero attached hydrogens (tertiary/aromatic N) is 4. The molecule has 142 valence electrons. The summed E-state index contributed by atoms with van der Waals surface area (Å²) in [6.45, 7) is 7.37. The van der Waals surface area contributed by atoms with Gasteiger partial charge >= 0.3 is 0 Å². The van der Waals surface area contributed by atoms with Crippen molar-refractivity contribution in [2.24, 2.45) is 5.92 Å². The molecule has 0 bridgehead atoms. The molecule has 1 amide bonds. The molecule has 1 saturated heterocycles. The minimum Gasteiger partial charge on any atom is -0.351 e. The van der Waals surface area contributed by atoms with Gasteiger partial charge in [-0.1, -0.05) is 29.8 Å². The van der Waals surface area contributed by atoms with E-state index in [4.69, 9.17) is 4.98 Å². The largest absolute Gasteiger partial charge is 0.351 e. The SMILES string of the molecule is CCC(CC)C(=O)N1CCN(c2nc3cc(Br)ccc3n3cccc23)CC1. The van der Waals surface area contributed by atoms with E-state index in [1.807, 2.05) is 11.0 Å². The summed E-state index contributed by atoms with van der Waals surface area (Å²) in [7, 11) is 0. The van der Waals surface area contributed by atoms with Gasteiger partial charge in [0.2, 0.25) is 5.91 Å². The number of fused-ring (bicyclic) bond motifs is 3. The van der Waals surface area contributed by atoms with Crippen molar-refractivity contribution >= 4 is 44.2 Å². The highest BCUT2D eigenvalue weighted by Gasteiger charge is 2.27. The smallest absolute Gasteiger partial charge is 0.225 e. The number of hydrogen-bond acceptors (Lipinski definition) is 3. The Bertz CT molecular complexity index is 971. The number of rotatable bonds is 4. The van der Waals surface area contributed by atoms with Gasteiger partial charge in [-0.2, -0.15) is 0 Å². The van der Waals surface area contributed by atoms with Gasteiger partial charge in [-0.15, -0.1) is 0 Å². The van der Waals surface area contributed by atoms with Crippen LogP contribution < -0.4 is 4.90 Å². The third kappa shape index (κ3) is 3.31. The van der Waals surface area contributed by atoms with Crippen LogP contribution >= 0.6 is 15.9 Å². The van der Waals surface area contributed by atoms with Gasteiger partial charge in [0.05, 0.1) is 16.6 Å². The molecule has 6 heteroatoms. The zero-order valence-electron chi connectivity index (χ0n) is 15.9. The fourth-order valence-corrected chi connectivity index (χ4v) is 4.35. The maximum absolute atomic E-state index is 12.7. The molecule has 3 aromatic rings. The second-order valence-electron chi connectivity index (χ2n) is 7.16. The summed E-state index contributed by atoms with van der Waals surface area (Å²) in [5.74, 6) is 1.47. The number of carbonyl (C=O) groups is 1. The van der Waals surface area contributed by atoms with Gasteiger partial charge in [-0.3, -0.25) is 4.79 Å². The van der Waals surface area contributed by atoms with Crippen LogP contribution in [-0.2, 0) is 4.79 Å². The average molecular weight is 429 g/mol. The quantitative estimate of drug-likeness (QED) is 0.620. The monoisotopic (exact) mass is 428 g/mol. The molecule has 1 aliphatic heterocycles. The highest BCUT2D eigenvalue weighted by Crippen LogP contribution is 2.28. The van der Waals surface area contributed by atoms with Crippen LogP contribution in [0.5, 0.6) is 0 Å². The molecule has 1 fully saturated rings. The van der Waals surface area contributed by atoms with Crippen molar-refractivity contribution in [3.8, 4) is 0 Å². The Labute approximate surface area is 168 Å². The van der Waals surface area contributed by atoms with Crippen LogP contribution in [0.2, 0.25) is 0 Å². The number of anilines is 1. The molecule has 0 radical (unpaired) electrons. The van der Waals surface area contributed by atoms with Crippen molar-refractivity contribution in [3.05, 3.63) is 41.0 Å². The predicted molar refractivity (Wildman–Crippen MR) is 113 cm³/mol. The molecule has 0 aliphatic carbocycles. The van der Waals surface area contributed by atoms with E-state index < -0.39 is 0 Å². The van der Waals surface area contributed by atoms with Crippen molar-refractivity contribution < 1.29 is 4.79 Å². The summed E-state index contributed by atoms with van der Waals surface area (Å²) in [4.78, 5) is 22.0. The van der Waals surface area contributed by atoms with Crippen molar-refractivity contribution in [1.29, 1.82) is 0 Å². The second kappa shape index (κ2) is 7.50. The van der Waals surface area contributed by atoms with Crippen LogP contribution in [0, 0.1) is 5.92 Å². The topological polar surface area (TPSA) is 40.9 Å². The average Bonchev–Trinajstić information content (AvgIpc) is 3.18. The summed E-state index contributed by atoms with van der Waals surface area (Å²) < 4.78 is 3.23. The van der Waals surface area contributed by atoms with E-state index in [-0.39, 0.29) is 5.92 Å². The molecule has 1 aromatic carbocycles. The molecule has 2 aromatic heterocycles. The van der Waals surface area contributed by atoms with Crippen LogP contribution in [-0.4, -0.2) is 46.4 Å². The summed E-state index contributed by atoms with van der Waals surface area (Å²) in [6, 6.07) is 10.4. The van der Waals surface area contributed by atoms with Gasteiger partial charge in [0.25, 0.3) is 0 Å². The van der Waals surface area contributed by atoms with Gasteiger partial charge in [0.1, 0.15) is 0 Å². The zero-order valence-corrected chi connectivity index (χ0v) is 17.4. The number of piperazine rings is 1. The lowest BCUT2D eigenvalue weighted by Gasteiger charge is -2.37. The molecule has 0 saturated carbocycles. The minimum absolute atomic E-state index is 0.157. The summed E-state index contributed by atoms with van der Waals surface area (Å²) in [6.07, 6.45) is 3.92. The number of carbonyl (C=O) groups excluding carboxylic acids is 1. The fraction of sp³-hybridized carbons (Fsp3) is 0.429. The molecule has 4 rings (SSSR count). The lowest BCUT2D eigenvalue weighted by molar-refractivity contribution is -0.136. The van der Waals surface area contributed by atoms with Crippen molar-refractivity contribution in [1.82, 2.24) is 14.3 Å². The van der Waals surface area contributed by atoms with Crippen LogP contribution in [0.15, 0.2) is 41.0 Å². The first-order chi connectivity index (χ1) is 13.1. The fourth-order valence-electron chi connectivity index (χ4n) is 4.00. The lowest BCUT2D eigenvalue weighted by atomic mass is 10.0. The van der Waals surface area contributed by atoms with Gasteiger partial charge < -0.3 is 14.2 Å². The molecule has 0 atom stereocenters. The van der Waals surface area contributed by atoms with Crippen LogP contribution in [0.4, 0.5) is 5.82 Å². The summed E-state index contributed by atoms with van der Waals surface area (Å²) >= 11 is 3.55. The van der Waals surface area contributed by atoms with Gasteiger partial charge in [-0.25, -0.2) is 4.98 Å². The van der Waals surface area contributed by atoms with E-state index in [1.165, 1.54) is 0 Å².